The molecule has 0 spiro atoms. The first-order chi connectivity index (χ1) is 10.5. The first-order valence-corrected chi connectivity index (χ1v) is 7.33. The van der Waals surface area contributed by atoms with Crippen LogP contribution in [0.1, 0.15) is 34.4 Å². The average Bonchev–Trinajstić information content (AvgIpc) is 3.07. The van der Waals surface area contributed by atoms with E-state index in [1.807, 2.05) is 38.1 Å². The van der Waals surface area contributed by atoms with Crippen molar-refractivity contribution in [2.45, 2.75) is 32.7 Å². The van der Waals surface area contributed by atoms with Gasteiger partial charge in [0.1, 0.15) is 11.8 Å². The van der Waals surface area contributed by atoms with E-state index in [9.17, 15) is 9.59 Å². The number of primary amides is 1. The first kappa shape index (κ1) is 14.4. The van der Waals surface area contributed by atoms with Gasteiger partial charge in [-0.05, 0) is 30.2 Å². The third kappa shape index (κ3) is 2.19. The molecular formula is C17H18N2O3. The summed E-state index contributed by atoms with van der Waals surface area (Å²) in [6, 6.07) is 8.51. The maximum absolute atomic E-state index is 12.8. The van der Waals surface area contributed by atoms with Gasteiger partial charge < -0.3 is 10.2 Å². The summed E-state index contributed by atoms with van der Waals surface area (Å²) in [5.41, 5.74) is 8.09. The number of benzene rings is 1. The zero-order chi connectivity index (χ0) is 15.9. The second-order valence-electron chi connectivity index (χ2n) is 5.50. The van der Waals surface area contributed by atoms with Crippen molar-refractivity contribution in [1.29, 1.82) is 0 Å². The Morgan fingerprint density at radius 1 is 1.36 bits per heavy atom. The molecule has 0 saturated heterocycles. The highest BCUT2D eigenvalue weighted by Gasteiger charge is 2.38. The number of hydrogen-bond donors (Lipinski definition) is 1. The highest BCUT2D eigenvalue weighted by molar-refractivity contribution is 6.10. The van der Waals surface area contributed by atoms with Gasteiger partial charge in [0.25, 0.3) is 5.91 Å². The predicted molar refractivity (Wildman–Crippen MR) is 82.8 cm³/mol. The molecule has 5 nitrogen and oxygen atoms in total. The van der Waals surface area contributed by atoms with Crippen LogP contribution in [0.5, 0.6) is 0 Å². The molecule has 0 aliphatic carbocycles. The summed E-state index contributed by atoms with van der Waals surface area (Å²) < 4.78 is 5.64. The number of aryl methyl sites for hydroxylation is 2. The molecule has 3 rings (SSSR count). The number of furan rings is 1. The summed E-state index contributed by atoms with van der Waals surface area (Å²) in [5.74, 6) is 0.198. The van der Waals surface area contributed by atoms with E-state index in [0.29, 0.717) is 6.42 Å². The Morgan fingerprint density at radius 2 is 2.09 bits per heavy atom. The van der Waals surface area contributed by atoms with Crippen LogP contribution in [-0.2, 0) is 17.6 Å². The normalized spacial score (nSPS) is 16.6. The molecule has 1 atom stereocenters. The number of carbonyl (C=O) groups excluding carboxylic acids is 2. The smallest absolute Gasteiger partial charge is 0.294 e. The Hall–Kier alpha value is -2.56. The summed E-state index contributed by atoms with van der Waals surface area (Å²) in [4.78, 5) is 26.0. The lowest BCUT2D eigenvalue weighted by molar-refractivity contribution is -0.119. The van der Waals surface area contributed by atoms with E-state index in [4.69, 9.17) is 10.2 Å². The molecule has 5 heteroatoms. The second-order valence-corrected chi connectivity index (χ2v) is 5.50. The largest absolute Gasteiger partial charge is 0.456 e. The Kier molecular flexibility index (Phi) is 3.48. The van der Waals surface area contributed by atoms with Gasteiger partial charge in [-0.1, -0.05) is 25.1 Å². The molecule has 0 bridgehead atoms. The molecule has 1 aliphatic heterocycles. The fraction of sp³-hybridized carbons (Fsp3) is 0.294. The molecule has 114 valence electrons. The Balaban J connectivity index is 2.03. The van der Waals surface area contributed by atoms with Gasteiger partial charge in [0.05, 0.1) is 0 Å². The number of rotatable bonds is 3. The molecule has 0 fully saturated rings. The van der Waals surface area contributed by atoms with Gasteiger partial charge in [0.15, 0.2) is 5.76 Å². The number of hydrogen-bond acceptors (Lipinski definition) is 3. The number of nitrogens with zero attached hydrogens (tertiary/aromatic N) is 1. The molecule has 0 unspecified atom stereocenters. The third-order valence-corrected chi connectivity index (χ3v) is 4.08. The Bertz CT molecular complexity index is 748. The SMILES string of the molecule is CCc1oc(C(=O)N2c3ccccc3C[C@H]2C(N)=O)cc1C. The van der Waals surface area contributed by atoms with Crippen molar-refractivity contribution < 1.29 is 14.0 Å². The summed E-state index contributed by atoms with van der Waals surface area (Å²) in [5, 5.41) is 0. The van der Waals surface area contributed by atoms with E-state index < -0.39 is 11.9 Å². The van der Waals surface area contributed by atoms with Crippen LogP contribution in [0.15, 0.2) is 34.7 Å². The van der Waals surface area contributed by atoms with Crippen molar-refractivity contribution in [1.82, 2.24) is 0 Å². The third-order valence-electron chi connectivity index (χ3n) is 4.08. The van der Waals surface area contributed by atoms with Gasteiger partial charge in [-0.2, -0.15) is 0 Å². The van der Waals surface area contributed by atoms with Gasteiger partial charge in [0.2, 0.25) is 5.91 Å². The number of anilines is 1. The second kappa shape index (κ2) is 5.33. The number of carbonyl (C=O) groups is 2. The van der Waals surface area contributed by atoms with Crippen molar-refractivity contribution in [3.63, 3.8) is 0 Å². The molecule has 2 amide bonds. The van der Waals surface area contributed by atoms with E-state index in [0.717, 1.165) is 29.0 Å². The van der Waals surface area contributed by atoms with Crippen LogP contribution in [0.25, 0.3) is 0 Å². The minimum atomic E-state index is -0.666. The minimum absolute atomic E-state index is 0.248. The Labute approximate surface area is 128 Å². The average molecular weight is 298 g/mol. The number of nitrogens with two attached hydrogens (primary N) is 1. The van der Waals surface area contributed by atoms with Gasteiger partial charge in [0, 0.05) is 18.5 Å². The van der Waals surface area contributed by atoms with Gasteiger partial charge in [-0.25, -0.2) is 0 Å². The van der Waals surface area contributed by atoms with Crippen LogP contribution in [0.3, 0.4) is 0 Å². The van der Waals surface area contributed by atoms with Crippen molar-refractivity contribution in [3.05, 3.63) is 53.0 Å². The van der Waals surface area contributed by atoms with Crippen molar-refractivity contribution >= 4 is 17.5 Å². The van der Waals surface area contributed by atoms with E-state index in [-0.39, 0.29) is 11.7 Å². The highest BCUT2D eigenvalue weighted by atomic mass is 16.4. The lowest BCUT2D eigenvalue weighted by atomic mass is 10.1. The molecule has 0 saturated carbocycles. The van der Waals surface area contributed by atoms with Crippen molar-refractivity contribution in [2.75, 3.05) is 4.90 Å². The standard InChI is InChI=1S/C17H18N2O3/c1-3-14-10(2)8-15(22-14)17(21)19-12-7-5-4-6-11(12)9-13(19)16(18)20/h4-8,13H,3,9H2,1-2H3,(H2,18,20)/t13-/m0/s1. The van der Waals surface area contributed by atoms with Crippen LogP contribution in [0, 0.1) is 6.92 Å². The summed E-state index contributed by atoms with van der Waals surface area (Å²) >= 11 is 0. The summed E-state index contributed by atoms with van der Waals surface area (Å²) in [7, 11) is 0. The summed E-state index contributed by atoms with van der Waals surface area (Å²) in [6.45, 7) is 3.88. The quantitative estimate of drug-likeness (QED) is 0.943. The van der Waals surface area contributed by atoms with Crippen LogP contribution in [-0.4, -0.2) is 17.9 Å². The van der Waals surface area contributed by atoms with Gasteiger partial charge in [-0.3, -0.25) is 14.5 Å². The maximum atomic E-state index is 12.8. The van der Waals surface area contributed by atoms with E-state index in [1.54, 1.807) is 6.07 Å². The lowest BCUT2D eigenvalue weighted by Gasteiger charge is -2.22. The molecule has 1 aliphatic rings. The van der Waals surface area contributed by atoms with Crippen molar-refractivity contribution in [2.24, 2.45) is 5.73 Å². The van der Waals surface area contributed by atoms with E-state index >= 15 is 0 Å². The molecule has 2 N–H and O–H groups in total. The number of para-hydroxylation sites is 1. The Morgan fingerprint density at radius 3 is 2.73 bits per heavy atom. The van der Waals surface area contributed by atoms with E-state index in [1.165, 1.54) is 4.90 Å². The molecule has 22 heavy (non-hydrogen) atoms. The van der Waals surface area contributed by atoms with Crippen LogP contribution >= 0.6 is 0 Å². The van der Waals surface area contributed by atoms with Crippen LogP contribution in [0.4, 0.5) is 5.69 Å². The van der Waals surface area contributed by atoms with E-state index in [2.05, 4.69) is 0 Å². The minimum Gasteiger partial charge on any atom is -0.456 e. The lowest BCUT2D eigenvalue weighted by Crippen LogP contribution is -2.46. The molecule has 1 aromatic heterocycles. The molecule has 0 radical (unpaired) electrons. The first-order valence-electron chi connectivity index (χ1n) is 7.33. The molecule has 2 aromatic rings. The zero-order valence-electron chi connectivity index (χ0n) is 12.6. The van der Waals surface area contributed by atoms with Gasteiger partial charge >= 0.3 is 0 Å². The monoisotopic (exact) mass is 298 g/mol. The number of fused-ring (bicyclic) bond motifs is 1. The number of amides is 2. The fourth-order valence-corrected chi connectivity index (χ4v) is 2.96. The van der Waals surface area contributed by atoms with Crippen LogP contribution in [0.2, 0.25) is 0 Å². The van der Waals surface area contributed by atoms with Crippen LogP contribution < -0.4 is 10.6 Å². The molecular weight excluding hydrogens is 280 g/mol. The highest BCUT2D eigenvalue weighted by Crippen LogP contribution is 2.33. The summed E-state index contributed by atoms with van der Waals surface area (Å²) in [6.07, 6.45) is 1.16. The fourth-order valence-electron chi connectivity index (χ4n) is 2.96. The maximum Gasteiger partial charge on any atom is 0.294 e. The molecule has 1 aromatic carbocycles. The molecule has 2 heterocycles. The topological polar surface area (TPSA) is 76.5 Å². The van der Waals surface area contributed by atoms with Gasteiger partial charge in [-0.15, -0.1) is 0 Å². The van der Waals surface area contributed by atoms with Crippen molar-refractivity contribution in [3.8, 4) is 0 Å². The predicted octanol–water partition coefficient (Wildman–Crippen LogP) is 2.21. The zero-order valence-corrected chi connectivity index (χ0v) is 12.6.